The maximum atomic E-state index is 5.76. The second-order valence-electron chi connectivity index (χ2n) is 5.47. The lowest BCUT2D eigenvalue weighted by molar-refractivity contribution is 0.272. The molecule has 1 unspecified atom stereocenters. The molecule has 0 aromatic carbocycles. The van der Waals surface area contributed by atoms with Gasteiger partial charge in [-0.2, -0.15) is 5.10 Å². The van der Waals surface area contributed by atoms with Crippen molar-refractivity contribution in [3.63, 3.8) is 0 Å². The van der Waals surface area contributed by atoms with Crippen molar-refractivity contribution in [2.75, 3.05) is 13.1 Å². The molecule has 1 aliphatic heterocycles. The van der Waals surface area contributed by atoms with E-state index in [2.05, 4.69) is 33.5 Å². The van der Waals surface area contributed by atoms with Gasteiger partial charge in [0.1, 0.15) is 5.76 Å². The lowest BCUT2D eigenvalue weighted by Gasteiger charge is -2.14. The van der Waals surface area contributed by atoms with Gasteiger partial charge >= 0.3 is 0 Å². The molecule has 2 aromatic heterocycles. The lowest BCUT2D eigenvalue weighted by atomic mass is 10.2. The van der Waals surface area contributed by atoms with E-state index in [-0.39, 0.29) is 0 Å². The molecule has 1 fully saturated rings. The first kappa shape index (κ1) is 12.4. The third-order valence-electron chi connectivity index (χ3n) is 3.65. The summed E-state index contributed by atoms with van der Waals surface area (Å²) in [7, 11) is 0. The molecule has 0 N–H and O–H groups in total. The molecule has 0 spiro atoms. The Hall–Kier alpha value is -1.62. The third kappa shape index (κ3) is 2.71. The molecule has 0 saturated carbocycles. The Morgan fingerprint density at radius 1 is 1.47 bits per heavy atom. The zero-order chi connectivity index (χ0) is 13.2. The molecule has 3 heterocycles. The fourth-order valence-electron chi connectivity index (χ4n) is 2.52. The predicted molar refractivity (Wildman–Crippen MR) is 71.8 cm³/mol. The molecule has 3 rings (SSSR count). The van der Waals surface area contributed by atoms with Crippen molar-refractivity contribution >= 4 is 0 Å². The molecular formula is C14H20N4O. The summed E-state index contributed by atoms with van der Waals surface area (Å²) >= 11 is 0. The molecule has 5 nitrogen and oxygen atoms in total. The highest BCUT2D eigenvalue weighted by Crippen LogP contribution is 2.23. The van der Waals surface area contributed by atoms with Crippen molar-refractivity contribution in [1.82, 2.24) is 19.7 Å². The smallest absolute Gasteiger partial charge is 0.208 e. The zero-order valence-electron chi connectivity index (χ0n) is 11.5. The fourth-order valence-corrected chi connectivity index (χ4v) is 2.52. The Kier molecular flexibility index (Phi) is 3.38. The summed E-state index contributed by atoms with van der Waals surface area (Å²) in [5.41, 5.74) is 0. The summed E-state index contributed by atoms with van der Waals surface area (Å²) in [6.07, 6.45) is 6.86. The molecule has 0 amide bonds. The van der Waals surface area contributed by atoms with Gasteiger partial charge in [-0.1, -0.05) is 13.8 Å². The van der Waals surface area contributed by atoms with Crippen molar-refractivity contribution in [2.45, 2.75) is 38.8 Å². The Morgan fingerprint density at radius 3 is 3.05 bits per heavy atom. The fraction of sp³-hybridized carbons (Fsp3) is 0.571. The van der Waals surface area contributed by atoms with E-state index in [4.69, 9.17) is 4.42 Å². The van der Waals surface area contributed by atoms with Crippen LogP contribution in [0.2, 0.25) is 0 Å². The molecule has 0 radical (unpaired) electrons. The summed E-state index contributed by atoms with van der Waals surface area (Å²) in [5, 5.41) is 4.32. The Bertz CT molecular complexity index is 517. The SMILES string of the molecule is CC(C)c1cnc(CN2CCC(n3cccn3)C2)o1. The van der Waals surface area contributed by atoms with Crippen LogP contribution < -0.4 is 0 Å². The van der Waals surface area contributed by atoms with Gasteiger partial charge in [0.05, 0.1) is 18.8 Å². The summed E-state index contributed by atoms with van der Waals surface area (Å²) in [6, 6.07) is 2.46. The molecule has 2 aromatic rings. The van der Waals surface area contributed by atoms with E-state index in [1.807, 2.05) is 24.7 Å². The highest BCUT2D eigenvalue weighted by atomic mass is 16.4. The van der Waals surface area contributed by atoms with Crippen LogP contribution in [0.5, 0.6) is 0 Å². The molecule has 19 heavy (non-hydrogen) atoms. The molecule has 1 saturated heterocycles. The topological polar surface area (TPSA) is 47.1 Å². The van der Waals surface area contributed by atoms with Crippen LogP contribution in [0.4, 0.5) is 0 Å². The van der Waals surface area contributed by atoms with Crippen molar-refractivity contribution in [3.8, 4) is 0 Å². The molecule has 5 heteroatoms. The predicted octanol–water partition coefficient (Wildman–Crippen LogP) is 2.44. The van der Waals surface area contributed by atoms with Gasteiger partial charge in [0.25, 0.3) is 0 Å². The van der Waals surface area contributed by atoms with E-state index in [0.29, 0.717) is 12.0 Å². The van der Waals surface area contributed by atoms with Crippen molar-refractivity contribution in [2.24, 2.45) is 0 Å². The molecule has 102 valence electrons. The Balaban J connectivity index is 1.59. The molecule has 0 aliphatic carbocycles. The van der Waals surface area contributed by atoms with Crippen LogP contribution in [0.15, 0.2) is 29.1 Å². The van der Waals surface area contributed by atoms with E-state index in [1.54, 1.807) is 0 Å². The first-order valence-electron chi connectivity index (χ1n) is 6.88. The maximum absolute atomic E-state index is 5.76. The number of hydrogen-bond donors (Lipinski definition) is 0. The summed E-state index contributed by atoms with van der Waals surface area (Å²) in [4.78, 5) is 6.74. The minimum absolute atomic E-state index is 0.400. The van der Waals surface area contributed by atoms with Crippen molar-refractivity contribution < 1.29 is 4.42 Å². The number of likely N-dealkylation sites (tertiary alicyclic amines) is 1. The van der Waals surface area contributed by atoms with E-state index in [1.165, 1.54) is 0 Å². The first-order chi connectivity index (χ1) is 9.22. The van der Waals surface area contributed by atoms with E-state index < -0.39 is 0 Å². The first-order valence-corrected chi connectivity index (χ1v) is 6.88. The van der Waals surface area contributed by atoms with Crippen LogP contribution >= 0.6 is 0 Å². The third-order valence-corrected chi connectivity index (χ3v) is 3.65. The largest absolute Gasteiger partial charge is 0.444 e. The molecule has 1 aliphatic rings. The Labute approximate surface area is 113 Å². The van der Waals surface area contributed by atoms with E-state index in [9.17, 15) is 0 Å². The number of hydrogen-bond acceptors (Lipinski definition) is 4. The second-order valence-corrected chi connectivity index (χ2v) is 5.47. The van der Waals surface area contributed by atoms with Crippen molar-refractivity contribution in [1.29, 1.82) is 0 Å². The summed E-state index contributed by atoms with van der Waals surface area (Å²) < 4.78 is 7.81. The maximum Gasteiger partial charge on any atom is 0.208 e. The van der Waals surface area contributed by atoms with Gasteiger partial charge in [-0.3, -0.25) is 9.58 Å². The number of aromatic nitrogens is 3. The van der Waals surface area contributed by atoms with Gasteiger partial charge in [0, 0.05) is 31.4 Å². The van der Waals surface area contributed by atoms with Crippen LogP contribution in [0.3, 0.4) is 0 Å². The highest BCUT2D eigenvalue weighted by Gasteiger charge is 2.25. The zero-order valence-corrected chi connectivity index (χ0v) is 11.5. The Morgan fingerprint density at radius 2 is 2.37 bits per heavy atom. The summed E-state index contributed by atoms with van der Waals surface area (Å²) in [5.74, 6) is 2.19. The molecule has 1 atom stereocenters. The average molecular weight is 260 g/mol. The van der Waals surface area contributed by atoms with Crippen LogP contribution in [0, 0.1) is 0 Å². The van der Waals surface area contributed by atoms with Gasteiger partial charge < -0.3 is 4.42 Å². The van der Waals surface area contributed by atoms with Crippen LogP contribution in [0.25, 0.3) is 0 Å². The highest BCUT2D eigenvalue weighted by molar-refractivity contribution is 4.99. The quantitative estimate of drug-likeness (QED) is 0.847. The second kappa shape index (κ2) is 5.17. The average Bonchev–Trinajstić information content (AvgIpc) is 3.09. The standard InChI is InChI=1S/C14H20N4O/c1-11(2)13-8-15-14(19-13)10-17-7-4-12(9-17)18-6-3-5-16-18/h3,5-6,8,11-12H,4,7,9-10H2,1-2H3. The van der Waals surface area contributed by atoms with Crippen molar-refractivity contribution in [3.05, 3.63) is 36.3 Å². The normalized spacial score (nSPS) is 20.5. The van der Waals surface area contributed by atoms with Gasteiger partial charge in [0.2, 0.25) is 5.89 Å². The van der Waals surface area contributed by atoms with Gasteiger partial charge in [-0.15, -0.1) is 0 Å². The number of oxazole rings is 1. The van der Waals surface area contributed by atoms with Gasteiger partial charge in [0.15, 0.2) is 0 Å². The van der Waals surface area contributed by atoms with Gasteiger partial charge in [-0.05, 0) is 12.5 Å². The number of rotatable bonds is 4. The monoisotopic (exact) mass is 260 g/mol. The molecular weight excluding hydrogens is 240 g/mol. The minimum atomic E-state index is 0.400. The summed E-state index contributed by atoms with van der Waals surface area (Å²) in [6.45, 7) is 7.12. The minimum Gasteiger partial charge on any atom is -0.444 e. The van der Waals surface area contributed by atoms with E-state index in [0.717, 1.165) is 37.7 Å². The number of nitrogens with zero attached hydrogens (tertiary/aromatic N) is 4. The lowest BCUT2D eigenvalue weighted by Crippen LogP contribution is -2.21. The van der Waals surface area contributed by atoms with Crippen LogP contribution in [-0.4, -0.2) is 32.8 Å². The van der Waals surface area contributed by atoms with E-state index >= 15 is 0 Å². The molecule has 0 bridgehead atoms. The van der Waals surface area contributed by atoms with Crippen LogP contribution in [-0.2, 0) is 6.54 Å². The van der Waals surface area contributed by atoms with Crippen LogP contribution in [0.1, 0.15) is 43.9 Å². The van der Waals surface area contributed by atoms with Gasteiger partial charge in [-0.25, -0.2) is 4.98 Å².